The number of rotatable bonds is 2. The second kappa shape index (κ2) is 4.46. The van der Waals surface area contributed by atoms with Crippen molar-refractivity contribution in [2.24, 2.45) is 5.92 Å². The number of phenols is 1. The Morgan fingerprint density at radius 1 is 1.38 bits per heavy atom. The Hall–Kier alpha value is -1.02. The Morgan fingerprint density at radius 3 is 2.81 bits per heavy atom. The molecule has 1 aromatic carbocycles. The van der Waals surface area contributed by atoms with Gasteiger partial charge in [0.25, 0.3) is 0 Å². The number of aliphatic hydroxyl groups excluding tert-OH is 1. The van der Waals surface area contributed by atoms with Crippen molar-refractivity contribution in [3.63, 3.8) is 0 Å². The van der Waals surface area contributed by atoms with Gasteiger partial charge in [0.1, 0.15) is 5.75 Å². The van der Waals surface area contributed by atoms with Crippen LogP contribution in [0.2, 0.25) is 0 Å². The summed E-state index contributed by atoms with van der Waals surface area (Å²) in [6.07, 6.45) is 4.60. The molecule has 1 saturated carbocycles. The molecule has 0 heterocycles. The number of benzene rings is 1. The van der Waals surface area contributed by atoms with E-state index >= 15 is 0 Å². The lowest BCUT2D eigenvalue weighted by atomic mass is 9.64. The van der Waals surface area contributed by atoms with E-state index in [1.807, 2.05) is 12.1 Å². The SMILES string of the molecule is CC1CCCCC1(CO)c1cccc(O)c1. The van der Waals surface area contributed by atoms with Crippen LogP contribution in [0, 0.1) is 5.92 Å². The summed E-state index contributed by atoms with van der Waals surface area (Å²) in [5.74, 6) is 0.774. The zero-order chi connectivity index (χ0) is 11.6. The molecule has 0 radical (unpaired) electrons. The predicted molar refractivity (Wildman–Crippen MR) is 64.5 cm³/mol. The van der Waals surface area contributed by atoms with Gasteiger partial charge >= 0.3 is 0 Å². The van der Waals surface area contributed by atoms with Crippen LogP contribution in [0.5, 0.6) is 5.75 Å². The molecule has 1 aliphatic carbocycles. The lowest BCUT2D eigenvalue weighted by Gasteiger charge is -2.42. The van der Waals surface area contributed by atoms with Gasteiger partial charge in [-0.3, -0.25) is 0 Å². The van der Waals surface area contributed by atoms with Crippen LogP contribution in [0.4, 0.5) is 0 Å². The number of hydrogen-bond acceptors (Lipinski definition) is 2. The third-order valence-electron chi connectivity index (χ3n) is 4.16. The summed E-state index contributed by atoms with van der Waals surface area (Å²) in [5.41, 5.74) is 0.943. The molecule has 2 unspecified atom stereocenters. The van der Waals surface area contributed by atoms with Crippen LogP contribution in [-0.4, -0.2) is 16.8 Å². The van der Waals surface area contributed by atoms with Crippen LogP contribution in [0.1, 0.15) is 38.2 Å². The first-order valence-electron chi connectivity index (χ1n) is 6.09. The molecule has 2 rings (SSSR count). The largest absolute Gasteiger partial charge is 0.508 e. The Morgan fingerprint density at radius 2 is 2.19 bits per heavy atom. The molecule has 0 saturated heterocycles. The highest BCUT2D eigenvalue weighted by molar-refractivity contribution is 5.34. The fourth-order valence-electron chi connectivity index (χ4n) is 2.98. The van der Waals surface area contributed by atoms with Crippen LogP contribution >= 0.6 is 0 Å². The highest BCUT2D eigenvalue weighted by Crippen LogP contribution is 2.43. The molecule has 1 aliphatic rings. The first-order chi connectivity index (χ1) is 7.69. The molecule has 1 aromatic rings. The quantitative estimate of drug-likeness (QED) is 0.804. The molecule has 0 bridgehead atoms. The first kappa shape index (κ1) is 11.5. The van der Waals surface area contributed by atoms with Crippen LogP contribution in [0.3, 0.4) is 0 Å². The van der Waals surface area contributed by atoms with Crippen molar-refractivity contribution in [1.82, 2.24) is 0 Å². The molecular weight excluding hydrogens is 200 g/mol. The van der Waals surface area contributed by atoms with Gasteiger partial charge < -0.3 is 10.2 Å². The summed E-state index contributed by atoms with van der Waals surface area (Å²) < 4.78 is 0. The average molecular weight is 220 g/mol. The van der Waals surface area contributed by atoms with Gasteiger partial charge in [-0.2, -0.15) is 0 Å². The minimum atomic E-state index is -0.142. The highest BCUT2D eigenvalue weighted by atomic mass is 16.3. The second-order valence-corrected chi connectivity index (χ2v) is 5.01. The Kier molecular flexibility index (Phi) is 3.20. The Balaban J connectivity index is 2.40. The van der Waals surface area contributed by atoms with Gasteiger partial charge in [-0.25, -0.2) is 0 Å². The van der Waals surface area contributed by atoms with E-state index in [2.05, 4.69) is 6.92 Å². The second-order valence-electron chi connectivity index (χ2n) is 5.01. The molecular formula is C14H20O2. The molecule has 2 atom stereocenters. The monoisotopic (exact) mass is 220 g/mol. The summed E-state index contributed by atoms with van der Waals surface area (Å²) in [4.78, 5) is 0. The van der Waals surface area contributed by atoms with E-state index in [0.717, 1.165) is 18.4 Å². The van der Waals surface area contributed by atoms with Crippen molar-refractivity contribution in [3.8, 4) is 5.75 Å². The van der Waals surface area contributed by atoms with Gasteiger partial charge in [-0.05, 0) is 36.5 Å². The lowest BCUT2D eigenvalue weighted by molar-refractivity contribution is 0.103. The fraction of sp³-hybridized carbons (Fsp3) is 0.571. The Bertz CT molecular complexity index is 362. The maximum atomic E-state index is 9.77. The van der Waals surface area contributed by atoms with E-state index in [1.165, 1.54) is 12.8 Å². The normalized spacial score (nSPS) is 30.2. The smallest absolute Gasteiger partial charge is 0.115 e. The maximum Gasteiger partial charge on any atom is 0.115 e. The van der Waals surface area contributed by atoms with Crippen molar-refractivity contribution in [1.29, 1.82) is 0 Å². The van der Waals surface area contributed by atoms with E-state index in [-0.39, 0.29) is 12.0 Å². The van der Waals surface area contributed by atoms with Crippen LogP contribution in [0.15, 0.2) is 24.3 Å². The lowest BCUT2D eigenvalue weighted by Crippen LogP contribution is -2.40. The van der Waals surface area contributed by atoms with Gasteiger partial charge in [0, 0.05) is 5.41 Å². The van der Waals surface area contributed by atoms with E-state index in [0.29, 0.717) is 11.7 Å². The first-order valence-corrected chi connectivity index (χ1v) is 6.09. The van der Waals surface area contributed by atoms with E-state index in [4.69, 9.17) is 0 Å². The molecule has 0 aliphatic heterocycles. The standard InChI is InChI=1S/C14H20O2/c1-11-5-2-3-8-14(11,10-15)12-6-4-7-13(16)9-12/h4,6-7,9,11,15-16H,2-3,5,8,10H2,1H3. The zero-order valence-electron chi connectivity index (χ0n) is 9.82. The fourth-order valence-corrected chi connectivity index (χ4v) is 2.98. The van der Waals surface area contributed by atoms with Crippen LogP contribution < -0.4 is 0 Å². The van der Waals surface area contributed by atoms with Crippen LogP contribution in [-0.2, 0) is 5.41 Å². The molecule has 0 aromatic heterocycles. The average Bonchev–Trinajstić information content (AvgIpc) is 2.30. The van der Waals surface area contributed by atoms with Crippen molar-refractivity contribution in [3.05, 3.63) is 29.8 Å². The molecule has 1 fully saturated rings. The summed E-state index contributed by atoms with van der Waals surface area (Å²) in [6, 6.07) is 7.38. The van der Waals surface area contributed by atoms with Gasteiger partial charge in [-0.15, -0.1) is 0 Å². The minimum absolute atomic E-state index is 0.142. The topological polar surface area (TPSA) is 40.5 Å². The minimum Gasteiger partial charge on any atom is -0.508 e. The third kappa shape index (κ3) is 1.82. The molecule has 2 nitrogen and oxygen atoms in total. The van der Waals surface area contributed by atoms with Crippen molar-refractivity contribution >= 4 is 0 Å². The van der Waals surface area contributed by atoms with Crippen LogP contribution in [0.25, 0.3) is 0 Å². The summed E-state index contributed by atoms with van der Waals surface area (Å²) in [6.45, 7) is 2.39. The van der Waals surface area contributed by atoms with Gasteiger partial charge in [-0.1, -0.05) is 31.9 Å². The van der Waals surface area contributed by atoms with E-state index in [1.54, 1.807) is 12.1 Å². The molecule has 88 valence electrons. The van der Waals surface area contributed by atoms with Gasteiger partial charge in [0.05, 0.1) is 6.61 Å². The van der Waals surface area contributed by atoms with Crippen molar-refractivity contribution in [2.45, 2.75) is 38.0 Å². The third-order valence-corrected chi connectivity index (χ3v) is 4.16. The van der Waals surface area contributed by atoms with Gasteiger partial charge in [0.15, 0.2) is 0 Å². The predicted octanol–water partition coefficient (Wildman–Crippen LogP) is 2.83. The molecule has 2 heteroatoms. The van der Waals surface area contributed by atoms with Crippen molar-refractivity contribution < 1.29 is 10.2 Å². The number of aromatic hydroxyl groups is 1. The maximum absolute atomic E-state index is 9.77. The molecule has 0 spiro atoms. The summed E-state index contributed by atoms with van der Waals surface area (Å²) >= 11 is 0. The number of phenolic OH excluding ortho intramolecular Hbond substituents is 1. The molecule has 2 N–H and O–H groups in total. The highest BCUT2D eigenvalue weighted by Gasteiger charge is 2.39. The molecule has 16 heavy (non-hydrogen) atoms. The number of aliphatic hydroxyl groups is 1. The Labute approximate surface area is 96.9 Å². The van der Waals surface area contributed by atoms with E-state index < -0.39 is 0 Å². The van der Waals surface area contributed by atoms with E-state index in [9.17, 15) is 10.2 Å². The summed E-state index contributed by atoms with van der Waals surface area (Å²) in [7, 11) is 0. The van der Waals surface area contributed by atoms with Gasteiger partial charge in [0.2, 0.25) is 0 Å². The zero-order valence-corrected chi connectivity index (χ0v) is 9.82. The van der Waals surface area contributed by atoms with Crippen molar-refractivity contribution in [2.75, 3.05) is 6.61 Å². The summed E-state index contributed by atoms with van der Waals surface area (Å²) in [5, 5.41) is 19.3. The molecule has 0 amide bonds. The number of hydrogen-bond donors (Lipinski definition) is 2.